The third-order valence-corrected chi connectivity index (χ3v) is 2.89. The summed E-state index contributed by atoms with van der Waals surface area (Å²) in [4.78, 5) is 0. The van der Waals surface area contributed by atoms with Gasteiger partial charge in [0.25, 0.3) is 0 Å². The molecule has 0 fully saturated rings. The monoisotopic (exact) mass is 254 g/mol. The van der Waals surface area contributed by atoms with Crippen molar-refractivity contribution in [2.24, 2.45) is 0 Å². The van der Waals surface area contributed by atoms with Crippen LogP contribution in [0.2, 0.25) is 0 Å². The van der Waals surface area contributed by atoms with E-state index in [1.165, 1.54) is 12.1 Å². The van der Waals surface area contributed by atoms with Crippen LogP contribution in [0.15, 0.2) is 12.1 Å². The van der Waals surface area contributed by atoms with Gasteiger partial charge < -0.3 is 19.7 Å². The van der Waals surface area contributed by atoms with Gasteiger partial charge in [-0.3, -0.25) is 0 Å². The lowest BCUT2D eigenvalue weighted by atomic mass is 9.97. The predicted molar refractivity (Wildman–Crippen MR) is 69.9 cm³/mol. The third kappa shape index (κ3) is 3.15. The van der Waals surface area contributed by atoms with E-state index < -0.39 is 0 Å². The van der Waals surface area contributed by atoms with Crippen LogP contribution in [0.3, 0.4) is 0 Å². The first-order chi connectivity index (χ1) is 8.52. The summed E-state index contributed by atoms with van der Waals surface area (Å²) in [6.07, 6.45) is -0.583. The lowest BCUT2D eigenvalue weighted by Gasteiger charge is -2.22. The van der Waals surface area contributed by atoms with Gasteiger partial charge in [0.05, 0.1) is 12.2 Å². The van der Waals surface area contributed by atoms with E-state index in [0.29, 0.717) is 24.3 Å². The molecule has 0 amide bonds. The minimum Gasteiger partial charge on any atom is -0.508 e. The fraction of sp³-hybridized carbons (Fsp3) is 0.571. The van der Waals surface area contributed by atoms with E-state index in [4.69, 9.17) is 9.47 Å². The second kappa shape index (κ2) is 6.61. The van der Waals surface area contributed by atoms with Gasteiger partial charge in [-0.05, 0) is 39.8 Å². The van der Waals surface area contributed by atoms with Crippen LogP contribution in [0, 0.1) is 0 Å². The summed E-state index contributed by atoms with van der Waals surface area (Å²) in [7, 11) is 0. The van der Waals surface area contributed by atoms with E-state index in [1.54, 1.807) is 0 Å². The predicted octanol–water partition coefficient (Wildman–Crippen LogP) is 3.29. The van der Waals surface area contributed by atoms with Crippen molar-refractivity contribution < 1.29 is 19.7 Å². The average Bonchev–Trinajstić information content (AvgIpc) is 2.32. The number of benzene rings is 1. The van der Waals surface area contributed by atoms with Gasteiger partial charge in [-0.1, -0.05) is 0 Å². The van der Waals surface area contributed by atoms with E-state index in [-0.39, 0.29) is 23.7 Å². The maximum atomic E-state index is 9.98. The van der Waals surface area contributed by atoms with Gasteiger partial charge in [0.2, 0.25) is 0 Å². The molecule has 102 valence electrons. The average molecular weight is 254 g/mol. The molecular weight excluding hydrogens is 232 g/mol. The van der Waals surface area contributed by atoms with E-state index in [1.807, 2.05) is 27.7 Å². The van der Waals surface area contributed by atoms with E-state index >= 15 is 0 Å². The summed E-state index contributed by atoms with van der Waals surface area (Å²) in [5.41, 5.74) is 1.19. The summed E-state index contributed by atoms with van der Waals surface area (Å²) in [5.74, 6) is 0.241. The molecule has 2 unspecified atom stereocenters. The Balaban J connectivity index is 3.24. The number of hydrogen-bond donors (Lipinski definition) is 2. The number of phenolic OH excluding ortho intramolecular Hbond substituents is 2. The van der Waals surface area contributed by atoms with Crippen LogP contribution in [0.1, 0.15) is 51.0 Å². The van der Waals surface area contributed by atoms with E-state index in [0.717, 1.165) is 0 Å². The number of phenols is 2. The molecule has 1 aromatic carbocycles. The molecule has 0 aliphatic heterocycles. The van der Waals surface area contributed by atoms with Crippen LogP contribution in [-0.4, -0.2) is 23.4 Å². The highest BCUT2D eigenvalue weighted by molar-refractivity contribution is 5.49. The SMILES string of the molecule is CCOC(C)c1c(O)ccc(O)c1C(C)OCC. The maximum absolute atomic E-state index is 9.98. The largest absolute Gasteiger partial charge is 0.508 e. The fourth-order valence-corrected chi connectivity index (χ4v) is 2.13. The molecule has 2 N–H and O–H groups in total. The summed E-state index contributed by atoms with van der Waals surface area (Å²) < 4.78 is 11.0. The van der Waals surface area contributed by atoms with Crippen LogP contribution in [-0.2, 0) is 9.47 Å². The normalized spacial score (nSPS) is 14.4. The van der Waals surface area contributed by atoms with Crippen molar-refractivity contribution in [1.29, 1.82) is 0 Å². The molecule has 0 bridgehead atoms. The van der Waals surface area contributed by atoms with Gasteiger partial charge in [0.1, 0.15) is 11.5 Å². The Morgan fingerprint density at radius 3 is 1.50 bits per heavy atom. The van der Waals surface area contributed by atoms with E-state index in [2.05, 4.69) is 0 Å². The first kappa shape index (κ1) is 14.8. The van der Waals surface area contributed by atoms with Gasteiger partial charge >= 0.3 is 0 Å². The molecule has 1 aromatic rings. The van der Waals surface area contributed by atoms with Gasteiger partial charge in [0.15, 0.2) is 0 Å². The summed E-state index contributed by atoms with van der Waals surface area (Å²) in [6.45, 7) is 8.56. The molecule has 2 atom stereocenters. The maximum Gasteiger partial charge on any atom is 0.122 e. The molecule has 18 heavy (non-hydrogen) atoms. The zero-order chi connectivity index (χ0) is 13.7. The molecule has 0 aliphatic carbocycles. The highest BCUT2D eigenvalue weighted by Crippen LogP contribution is 2.39. The van der Waals surface area contributed by atoms with Crippen molar-refractivity contribution in [2.75, 3.05) is 13.2 Å². The molecule has 0 heterocycles. The van der Waals surface area contributed by atoms with Gasteiger partial charge in [0, 0.05) is 24.3 Å². The van der Waals surface area contributed by atoms with Crippen molar-refractivity contribution in [3.8, 4) is 11.5 Å². The fourth-order valence-electron chi connectivity index (χ4n) is 2.13. The molecule has 0 saturated heterocycles. The van der Waals surface area contributed by atoms with Crippen LogP contribution in [0.25, 0.3) is 0 Å². The van der Waals surface area contributed by atoms with Crippen molar-refractivity contribution in [3.63, 3.8) is 0 Å². The first-order valence-electron chi connectivity index (χ1n) is 6.30. The minimum atomic E-state index is -0.292. The zero-order valence-electron chi connectivity index (χ0n) is 11.4. The van der Waals surface area contributed by atoms with Gasteiger partial charge in [-0.25, -0.2) is 0 Å². The molecule has 0 saturated carbocycles. The van der Waals surface area contributed by atoms with Crippen molar-refractivity contribution in [1.82, 2.24) is 0 Å². The minimum absolute atomic E-state index is 0.121. The number of hydrogen-bond acceptors (Lipinski definition) is 4. The number of ether oxygens (including phenoxy) is 2. The Bertz CT molecular complexity index is 353. The second-order valence-electron chi connectivity index (χ2n) is 4.13. The van der Waals surface area contributed by atoms with E-state index in [9.17, 15) is 10.2 Å². The lowest BCUT2D eigenvalue weighted by Crippen LogP contribution is -2.09. The van der Waals surface area contributed by atoms with Crippen molar-refractivity contribution in [3.05, 3.63) is 23.3 Å². The second-order valence-corrected chi connectivity index (χ2v) is 4.13. The molecule has 4 heteroatoms. The topological polar surface area (TPSA) is 58.9 Å². The lowest BCUT2D eigenvalue weighted by molar-refractivity contribution is 0.0568. The Labute approximate surface area is 108 Å². The number of aromatic hydroxyl groups is 2. The zero-order valence-corrected chi connectivity index (χ0v) is 11.4. The molecule has 0 aliphatic rings. The van der Waals surface area contributed by atoms with Crippen LogP contribution >= 0.6 is 0 Å². The highest BCUT2D eigenvalue weighted by atomic mass is 16.5. The molecular formula is C14H22O4. The van der Waals surface area contributed by atoms with Crippen LogP contribution < -0.4 is 0 Å². The quantitative estimate of drug-likeness (QED) is 0.765. The third-order valence-electron chi connectivity index (χ3n) is 2.89. The Morgan fingerprint density at radius 1 is 0.889 bits per heavy atom. The van der Waals surface area contributed by atoms with Gasteiger partial charge in [-0.15, -0.1) is 0 Å². The molecule has 0 radical (unpaired) electrons. The summed E-state index contributed by atoms with van der Waals surface area (Å²) in [6, 6.07) is 2.95. The smallest absolute Gasteiger partial charge is 0.122 e. The Morgan fingerprint density at radius 2 is 1.22 bits per heavy atom. The summed E-state index contributed by atoms with van der Waals surface area (Å²) in [5, 5.41) is 20.0. The highest BCUT2D eigenvalue weighted by Gasteiger charge is 2.23. The van der Waals surface area contributed by atoms with Crippen molar-refractivity contribution >= 4 is 0 Å². The molecule has 1 rings (SSSR count). The standard InChI is InChI=1S/C14H22O4/c1-5-17-9(3)13-11(15)7-8-12(16)14(13)10(4)18-6-2/h7-10,15-16H,5-6H2,1-4H3. The molecule has 0 spiro atoms. The number of rotatable bonds is 6. The van der Waals surface area contributed by atoms with Crippen LogP contribution in [0.4, 0.5) is 0 Å². The molecule has 0 aromatic heterocycles. The summed E-state index contributed by atoms with van der Waals surface area (Å²) >= 11 is 0. The Kier molecular flexibility index (Phi) is 5.44. The van der Waals surface area contributed by atoms with Gasteiger partial charge in [-0.2, -0.15) is 0 Å². The first-order valence-corrected chi connectivity index (χ1v) is 6.30. The molecule has 4 nitrogen and oxygen atoms in total. The Hall–Kier alpha value is -1.26. The van der Waals surface area contributed by atoms with Crippen molar-refractivity contribution in [2.45, 2.75) is 39.9 Å². The van der Waals surface area contributed by atoms with Crippen LogP contribution in [0.5, 0.6) is 11.5 Å².